The molecule has 8 heteroatoms. The second-order valence-electron chi connectivity index (χ2n) is 6.21. The third kappa shape index (κ3) is 2.74. The lowest BCUT2D eigenvalue weighted by molar-refractivity contribution is -0.384. The second-order valence-corrected chi connectivity index (χ2v) is 6.64. The third-order valence-corrected chi connectivity index (χ3v) is 4.88. The molecule has 1 aliphatic rings. The summed E-state index contributed by atoms with van der Waals surface area (Å²) in [5.74, 6) is 0.762. The maximum atomic E-state index is 11.5. The molecule has 26 heavy (non-hydrogen) atoms. The second kappa shape index (κ2) is 6.32. The van der Waals surface area contributed by atoms with E-state index in [1.54, 1.807) is 18.2 Å². The van der Waals surface area contributed by atoms with Gasteiger partial charge in [-0.05, 0) is 43.2 Å². The summed E-state index contributed by atoms with van der Waals surface area (Å²) >= 11 is 6.04. The Bertz CT molecular complexity index is 1060. The number of fused-ring (bicyclic) bond motifs is 1. The van der Waals surface area contributed by atoms with Crippen LogP contribution in [0.15, 0.2) is 36.4 Å². The fourth-order valence-corrected chi connectivity index (χ4v) is 3.65. The summed E-state index contributed by atoms with van der Waals surface area (Å²) in [4.78, 5) is 21.0. The lowest BCUT2D eigenvalue weighted by Crippen LogP contribution is -2.24. The van der Waals surface area contributed by atoms with E-state index in [0.717, 1.165) is 29.7 Å². The molecule has 0 aliphatic carbocycles. The first-order valence-electron chi connectivity index (χ1n) is 8.17. The monoisotopic (exact) mass is 367 g/mol. The number of aromatic nitrogens is 2. The lowest BCUT2D eigenvalue weighted by atomic mass is 10.1. The summed E-state index contributed by atoms with van der Waals surface area (Å²) < 4.78 is 0. The van der Waals surface area contributed by atoms with Crippen LogP contribution in [0, 0.1) is 21.4 Å². The molecule has 1 aromatic heterocycles. The van der Waals surface area contributed by atoms with Gasteiger partial charge in [-0.3, -0.25) is 10.1 Å². The maximum Gasteiger partial charge on any atom is 0.293 e. The molecule has 1 aliphatic heterocycles. The maximum absolute atomic E-state index is 11.5. The Morgan fingerprint density at radius 2 is 2.19 bits per heavy atom. The Morgan fingerprint density at radius 3 is 2.96 bits per heavy atom. The number of nitrogens with zero attached hydrogens (tertiary/aromatic N) is 4. The Kier molecular flexibility index (Phi) is 3.98. The van der Waals surface area contributed by atoms with Gasteiger partial charge in [-0.1, -0.05) is 11.6 Å². The van der Waals surface area contributed by atoms with Crippen molar-refractivity contribution in [2.24, 2.45) is 0 Å². The Labute approximate surface area is 154 Å². The normalized spacial score (nSPS) is 16.8. The molecule has 2 heterocycles. The van der Waals surface area contributed by atoms with Crippen molar-refractivity contribution >= 4 is 34.0 Å². The Hall–Kier alpha value is -3.11. The lowest BCUT2D eigenvalue weighted by Gasteiger charge is -2.25. The number of rotatable bonds is 3. The van der Waals surface area contributed by atoms with E-state index in [0.29, 0.717) is 17.3 Å². The van der Waals surface area contributed by atoms with E-state index in [4.69, 9.17) is 16.9 Å². The van der Waals surface area contributed by atoms with Gasteiger partial charge in [-0.2, -0.15) is 5.26 Å². The van der Waals surface area contributed by atoms with Gasteiger partial charge in [0.2, 0.25) is 0 Å². The van der Waals surface area contributed by atoms with Crippen LogP contribution in [0.25, 0.3) is 11.0 Å². The molecule has 0 bridgehead atoms. The van der Waals surface area contributed by atoms with E-state index in [1.807, 2.05) is 23.1 Å². The Balaban J connectivity index is 1.77. The smallest absolute Gasteiger partial charge is 0.293 e. The van der Waals surface area contributed by atoms with Gasteiger partial charge < -0.3 is 9.88 Å². The van der Waals surface area contributed by atoms with Gasteiger partial charge in [0.15, 0.2) is 0 Å². The highest BCUT2D eigenvalue weighted by Gasteiger charge is 2.32. The van der Waals surface area contributed by atoms with Gasteiger partial charge in [-0.15, -0.1) is 0 Å². The number of nitrogens with one attached hydrogen (secondary N) is 1. The highest BCUT2D eigenvalue weighted by atomic mass is 35.5. The van der Waals surface area contributed by atoms with Crippen molar-refractivity contribution in [3.8, 4) is 6.07 Å². The van der Waals surface area contributed by atoms with Crippen molar-refractivity contribution in [1.82, 2.24) is 9.97 Å². The summed E-state index contributed by atoms with van der Waals surface area (Å²) in [6, 6.07) is 11.9. The van der Waals surface area contributed by atoms with Crippen LogP contribution in [0.3, 0.4) is 0 Å². The number of nitriles is 1. The molecule has 0 amide bonds. The quantitative estimate of drug-likeness (QED) is 0.548. The van der Waals surface area contributed by atoms with E-state index in [2.05, 4.69) is 9.97 Å². The molecule has 1 saturated heterocycles. The number of aromatic amines is 1. The van der Waals surface area contributed by atoms with Crippen LogP contribution in [-0.4, -0.2) is 21.4 Å². The molecular formula is C18H14ClN5O2. The number of hydrogen-bond donors (Lipinski definition) is 1. The molecule has 1 atom stereocenters. The predicted molar refractivity (Wildman–Crippen MR) is 98.2 cm³/mol. The van der Waals surface area contributed by atoms with E-state index in [-0.39, 0.29) is 17.3 Å². The van der Waals surface area contributed by atoms with Crippen LogP contribution in [0.1, 0.15) is 30.3 Å². The SMILES string of the molecule is N#Cc1ccc(N2CCC[C@@H]2c2nc3ccc(Cl)cc3[nH]2)c([N+](=O)[O-])c1. The first-order valence-corrected chi connectivity index (χ1v) is 8.55. The standard InChI is InChI=1S/C18H14ClN5O2/c19-12-4-5-13-14(9-12)22-18(21-13)16-2-1-7-23(16)15-6-3-11(10-20)8-17(15)24(25)26/h3-6,8-9,16H,1-2,7H2,(H,21,22)/t16-/m1/s1. The summed E-state index contributed by atoms with van der Waals surface area (Å²) in [7, 11) is 0. The van der Waals surface area contributed by atoms with Crippen LogP contribution >= 0.6 is 11.6 Å². The molecule has 7 nitrogen and oxygen atoms in total. The highest BCUT2D eigenvalue weighted by Crippen LogP contribution is 2.40. The topological polar surface area (TPSA) is 98.8 Å². The molecule has 2 aromatic carbocycles. The summed E-state index contributed by atoms with van der Waals surface area (Å²) in [5, 5.41) is 21.1. The molecule has 4 rings (SSSR count). The van der Waals surface area contributed by atoms with Crippen LogP contribution in [0.5, 0.6) is 0 Å². The molecular weight excluding hydrogens is 354 g/mol. The van der Waals surface area contributed by atoms with Gasteiger partial charge in [0, 0.05) is 17.6 Å². The van der Waals surface area contributed by atoms with Gasteiger partial charge in [0.05, 0.1) is 33.6 Å². The first-order chi connectivity index (χ1) is 12.6. The first kappa shape index (κ1) is 16.4. The van der Waals surface area contributed by atoms with Gasteiger partial charge in [0.1, 0.15) is 11.5 Å². The van der Waals surface area contributed by atoms with Crippen molar-refractivity contribution in [2.75, 3.05) is 11.4 Å². The number of halogens is 1. The molecule has 0 spiro atoms. The molecule has 0 unspecified atom stereocenters. The van der Waals surface area contributed by atoms with E-state index < -0.39 is 4.92 Å². The van der Waals surface area contributed by atoms with Gasteiger partial charge >= 0.3 is 0 Å². The summed E-state index contributed by atoms with van der Waals surface area (Å²) in [6.07, 6.45) is 1.74. The number of anilines is 1. The zero-order valence-electron chi connectivity index (χ0n) is 13.6. The number of imidazole rings is 1. The van der Waals surface area contributed by atoms with Crippen LogP contribution in [0.4, 0.5) is 11.4 Å². The average molecular weight is 368 g/mol. The van der Waals surface area contributed by atoms with Crippen molar-refractivity contribution in [3.63, 3.8) is 0 Å². The molecule has 0 radical (unpaired) electrons. The largest absolute Gasteiger partial charge is 0.356 e. The number of nitro groups is 1. The minimum Gasteiger partial charge on any atom is -0.356 e. The minimum atomic E-state index is -0.441. The summed E-state index contributed by atoms with van der Waals surface area (Å²) in [6.45, 7) is 0.690. The molecule has 1 N–H and O–H groups in total. The van der Waals surface area contributed by atoms with Crippen molar-refractivity contribution < 1.29 is 4.92 Å². The van der Waals surface area contributed by atoms with Gasteiger partial charge in [0.25, 0.3) is 5.69 Å². The minimum absolute atomic E-state index is 0.0601. The molecule has 1 fully saturated rings. The van der Waals surface area contributed by atoms with Crippen LogP contribution in [0.2, 0.25) is 5.02 Å². The van der Waals surface area contributed by atoms with Crippen molar-refractivity contribution in [2.45, 2.75) is 18.9 Å². The number of hydrogen-bond acceptors (Lipinski definition) is 5. The Morgan fingerprint density at radius 1 is 1.35 bits per heavy atom. The van der Waals surface area contributed by atoms with Crippen LogP contribution < -0.4 is 4.90 Å². The van der Waals surface area contributed by atoms with E-state index in [1.165, 1.54) is 6.07 Å². The van der Waals surface area contributed by atoms with Gasteiger partial charge in [-0.25, -0.2) is 4.98 Å². The number of benzene rings is 2. The number of nitro benzene ring substituents is 1. The van der Waals surface area contributed by atoms with Crippen LogP contribution in [-0.2, 0) is 0 Å². The third-order valence-electron chi connectivity index (χ3n) is 4.64. The zero-order valence-corrected chi connectivity index (χ0v) is 14.4. The van der Waals surface area contributed by atoms with E-state index in [9.17, 15) is 10.1 Å². The fraction of sp³-hybridized carbons (Fsp3) is 0.222. The highest BCUT2D eigenvalue weighted by molar-refractivity contribution is 6.31. The van der Waals surface area contributed by atoms with Crippen molar-refractivity contribution in [3.05, 3.63) is 62.9 Å². The molecule has 0 saturated carbocycles. The predicted octanol–water partition coefficient (Wildman–Crippen LogP) is 4.34. The number of H-pyrrole nitrogens is 1. The summed E-state index contributed by atoms with van der Waals surface area (Å²) in [5.41, 5.74) is 2.37. The average Bonchev–Trinajstić information content (AvgIpc) is 3.27. The fourth-order valence-electron chi connectivity index (χ4n) is 3.48. The molecule has 130 valence electrons. The van der Waals surface area contributed by atoms with E-state index >= 15 is 0 Å². The van der Waals surface area contributed by atoms with Crippen molar-refractivity contribution in [1.29, 1.82) is 5.26 Å². The zero-order chi connectivity index (χ0) is 18.3. The molecule has 3 aromatic rings.